The number of ether oxygens (including phenoxy) is 2. The first kappa shape index (κ1) is 33.5. The second-order valence-corrected chi connectivity index (χ2v) is 8.98. The minimum absolute atomic E-state index is 0. The number of esters is 2. The van der Waals surface area contributed by atoms with E-state index in [0.29, 0.717) is 13.3 Å². The lowest BCUT2D eigenvalue weighted by Crippen LogP contribution is -2.01. The molecule has 188 valence electrons. The van der Waals surface area contributed by atoms with Gasteiger partial charge in [-0.3, -0.25) is 0 Å². The molecule has 0 bridgehead atoms. The first-order chi connectivity index (χ1) is 14.2. The molecule has 2 N–H and O–H groups in total. The van der Waals surface area contributed by atoms with Gasteiger partial charge in [-0.1, -0.05) is 41.0 Å². The van der Waals surface area contributed by atoms with Crippen LogP contribution in [0.3, 0.4) is 0 Å². The summed E-state index contributed by atoms with van der Waals surface area (Å²) in [5.74, 6) is -2.22. The van der Waals surface area contributed by atoms with Gasteiger partial charge in [-0.25, -0.2) is 28.3 Å². The van der Waals surface area contributed by atoms with Crippen LogP contribution in [0.4, 0.5) is 13.9 Å². The molecular formula is C22H28BrF2N3O4S2. The van der Waals surface area contributed by atoms with Crippen molar-refractivity contribution in [2.75, 3.05) is 20.0 Å². The number of anilines is 1. The Kier molecular flexibility index (Phi) is 13.7. The molecule has 0 radical (unpaired) electrons. The molecule has 0 aliphatic heterocycles. The van der Waals surface area contributed by atoms with E-state index in [4.69, 9.17) is 5.73 Å². The van der Waals surface area contributed by atoms with Crippen molar-refractivity contribution < 1.29 is 27.8 Å². The molecule has 2 aromatic heterocycles. The predicted molar refractivity (Wildman–Crippen MR) is 141 cm³/mol. The van der Waals surface area contributed by atoms with Crippen LogP contribution in [0.25, 0.3) is 20.4 Å². The van der Waals surface area contributed by atoms with Crippen molar-refractivity contribution >= 4 is 76.1 Å². The molecule has 0 spiro atoms. The van der Waals surface area contributed by atoms with E-state index in [0.717, 1.165) is 23.5 Å². The molecule has 0 saturated heterocycles. The van der Waals surface area contributed by atoms with Crippen molar-refractivity contribution in [2.24, 2.45) is 0 Å². The van der Waals surface area contributed by atoms with Gasteiger partial charge in [0.2, 0.25) is 0 Å². The van der Waals surface area contributed by atoms with Crippen molar-refractivity contribution in [1.82, 2.24) is 9.97 Å². The fourth-order valence-electron chi connectivity index (χ4n) is 2.44. The van der Waals surface area contributed by atoms with Crippen molar-refractivity contribution in [3.8, 4) is 0 Å². The summed E-state index contributed by atoms with van der Waals surface area (Å²) in [6.07, 6.45) is 0. The number of benzene rings is 2. The smallest absolute Gasteiger partial charge is 0.338 e. The van der Waals surface area contributed by atoms with Crippen LogP contribution in [0.2, 0.25) is 0 Å². The van der Waals surface area contributed by atoms with Gasteiger partial charge in [0, 0.05) is 0 Å². The average molecular weight is 581 g/mol. The fourth-order valence-corrected chi connectivity index (χ4v) is 4.67. The number of nitrogens with zero attached hydrogens (tertiary/aromatic N) is 2. The van der Waals surface area contributed by atoms with Crippen LogP contribution in [0.1, 0.15) is 50.4 Å². The number of thiazole rings is 2. The summed E-state index contributed by atoms with van der Waals surface area (Å²) in [7, 11) is 2.50. The maximum Gasteiger partial charge on any atom is 0.338 e. The van der Waals surface area contributed by atoms with E-state index in [-0.39, 0.29) is 57.0 Å². The lowest BCUT2D eigenvalue weighted by atomic mass is 10.2. The van der Waals surface area contributed by atoms with E-state index in [9.17, 15) is 18.4 Å². The molecule has 4 rings (SSSR count). The number of fused-ring (bicyclic) bond motifs is 2. The highest BCUT2D eigenvalue weighted by Gasteiger charge is 2.14. The minimum atomic E-state index is -0.581. The lowest BCUT2D eigenvalue weighted by Gasteiger charge is -1.99. The molecule has 12 heteroatoms. The Bertz CT molecular complexity index is 1180. The molecule has 7 nitrogen and oxygen atoms in total. The molecule has 0 saturated carbocycles. The van der Waals surface area contributed by atoms with Gasteiger partial charge < -0.3 is 15.2 Å². The Morgan fingerprint density at radius 3 is 1.68 bits per heavy atom. The molecule has 0 aliphatic carbocycles. The summed E-state index contributed by atoms with van der Waals surface area (Å²) in [4.78, 5) is 30.1. The van der Waals surface area contributed by atoms with Crippen molar-refractivity contribution in [1.29, 1.82) is 0 Å². The number of halogens is 3. The Hall–Kier alpha value is -2.70. The number of carbonyl (C=O) groups is 2. The molecule has 0 amide bonds. The van der Waals surface area contributed by atoms with E-state index < -0.39 is 23.6 Å². The summed E-state index contributed by atoms with van der Waals surface area (Å²) >= 11 is 5.56. The van der Waals surface area contributed by atoms with Gasteiger partial charge in [0.1, 0.15) is 11.0 Å². The van der Waals surface area contributed by atoms with E-state index in [1.807, 2.05) is 0 Å². The van der Waals surface area contributed by atoms with Crippen LogP contribution in [0.5, 0.6) is 0 Å². The van der Waals surface area contributed by atoms with Crippen molar-refractivity contribution in [3.05, 3.63) is 50.9 Å². The van der Waals surface area contributed by atoms with Gasteiger partial charge >= 0.3 is 11.9 Å². The molecule has 2 aromatic carbocycles. The van der Waals surface area contributed by atoms with Gasteiger partial charge in [-0.2, -0.15) is 0 Å². The maximum atomic E-state index is 13.5. The Morgan fingerprint density at radius 1 is 0.824 bits per heavy atom. The SMILES string of the molecule is C.C.C.C.COC(=O)c1cc(F)c2nc(Br)sc2c1.COC(=O)c1cc(F)c2nc(N)sc2c1. The molecule has 0 fully saturated rings. The van der Waals surface area contributed by atoms with Gasteiger partial charge in [0.05, 0.1) is 34.7 Å². The molecule has 34 heavy (non-hydrogen) atoms. The number of nitrogen functional groups attached to an aromatic ring is 1. The second kappa shape index (κ2) is 13.9. The van der Waals surface area contributed by atoms with E-state index in [2.05, 4.69) is 35.4 Å². The summed E-state index contributed by atoms with van der Waals surface area (Å²) in [5, 5.41) is 0.269. The summed E-state index contributed by atoms with van der Waals surface area (Å²) < 4.78 is 37.6. The molecule has 0 atom stereocenters. The zero-order valence-corrected chi connectivity index (χ0v) is 18.6. The fraction of sp³-hybridized carbons (Fsp3) is 0.273. The number of methoxy groups -OCH3 is 2. The third-order valence-corrected chi connectivity index (χ3v) is 6.01. The van der Waals surface area contributed by atoms with Crippen LogP contribution in [-0.4, -0.2) is 36.1 Å². The van der Waals surface area contributed by atoms with Crippen LogP contribution in [0.15, 0.2) is 28.2 Å². The van der Waals surface area contributed by atoms with Crippen molar-refractivity contribution in [2.45, 2.75) is 29.7 Å². The van der Waals surface area contributed by atoms with Crippen LogP contribution in [0, 0.1) is 11.6 Å². The minimum Gasteiger partial charge on any atom is -0.465 e. The van der Waals surface area contributed by atoms with E-state index >= 15 is 0 Å². The average Bonchev–Trinajstić information content (AvgIpc) is 3.28. The standard InChI is InChI=1S/C9H5BrFNO2S.C9H7FN2O2S.4CH4/c1-14-8(13)4-2-5(11)7-6(3-4)15-9(10)12-7;1-14-8(13)4-2-5(10)7-6(3-4)15-9(11)12-7;;;;/h2-3H,1H3;2-3H,1H3,(H2,11,12);4*1H4. The van der Waals surface area contributed by atoms with Gasteiger partial charge in [0.15, 0.2) is 20.7 Å². The molecule has 0 unspecified atom stereocenters. The molecule has 2 heterocycles. The monoisotopic (exact) mass is 579 g/mol. The molecule has 4 aromatic rings. The lowest BCUT2D eigenvalue weighted by molar-refractivity contribution is 0.0591. The number of hydrogen-bond donors (Lipinski definition) is 1. The predicted octanol–water partition coefficient (Wildman–Crippen LogP) is 7.33. The summed E-state index contributed by atoms with van der Waals surface area (Å²) in [6, 6.07) is 5.29. The molecular weight excluding hydrogens is 552 g/mol. The van der Waals surface area contributed by atoms with E-state index in [1.54, 1.807) is 6.07 Å². The van der Waals surface area contributed by atoms with E-state index in [1.165, 1.54) is 31.6 Å². The normalized spacial score (nSPS) is 9.32. The zero-order valence-electron chi connectivity index (χ0n) is 15.4. The maximum absolute atomic E-state index is 13.5. The number of nitrogens with two attached hydrogens (primary N) is 1. The van der Waals surface area contributed by atoms with Crippen molar-refractivity contribution in [3.63, 3.8) is 0 Å². The number of aromatic nitrogens is 2. The third-order valence-electron chi connectivity index (χ3n) is 3.73. The highest BCUT2D eigenvalue weighted by Crippen LogP contribution is 2.29. The summed E-state index contributed by atoms with van der Waals surface area (Å²) in [5.41, 5.74) is 6.24. The zero-order chi connectivity index (χ0) is 22.0. The first-order valence-electron chi connectivity index (χ1n) is 8.01. The second-order valence-electron chi connectivity index (χ2n) is 5.61. The number of hydrogen-bond acceptors (Lipinski definition) is 9. The Labute approximate surface area is 214 Å². The van der Waals surface area contributed by atoms with Crippen LogP contribution in [-0.2, 0) is 9.47 Å². The third kappa shape index (κ3) is 7.15. The Morgan fingerprint density at radius 2 is 1.24 bits per heavy atom. The molecule has 0 aliphatic rings. The highest BCUT2D eigenvalue weighted by atomic mass is 79.9. The van der Waals surface area contributed by atoms with Gasteiger partial charge in [-0.05, 0) is 40.2 Å². The van der Waals surface area contributed by atoms with Crippen LogP contribution < -0.4 is 5.73 Å². The quantitative estimate of drug-likeness (QED) is 0.248. The number of carbonyl (C=O) groups excluding carboxylic acids is 2. The number of rotatable bonds is 2. The van der Waals surface area contributed by atoms with Gasteiger partial charge in [0.25, 0.3) is 0 Å². The highest BCUT2D eigenvalue weighted by molar-refractivity contribution is 9.11. The largest absolute Gasteiger partial charge is 0.465 e. The Balaban J connectivity index is 0. The summed E-state index contributed by atoms with van der Waals surface area (Å²) in [6.45, 7) is 0. The van der Waals surface area contributed by atoms with Gasteiger partial charge in [-0.15, -0.1) is 11.3 Å². The van der Waals surface area contributed by atoms with Crippen LogP contribution >= 0.6 is 38.6 Å². The topological polar surface area (TPSA) is 104 Å². The first-order valence-corrected chi connectivity index (χ1v) is 10.4.